The predicted molar refractivity (Wildman–Crippen MR) is 79.5 cm³/mol. The molecule has 2 rings (SSSR count). The number of amides is 1. The van der Waals surface area contributed by atoms with E-state index in [4.69, 9.17) is 0 Å². The molecule has 0 aliphatic carbocycles. The standard InChI is InChI=1S/C15H15FNO4P/c16-13-8-6-12(7-9-13)15(22(19,20)21)17-14(18)10-11-4-2-1-3-5-11/h1-9,15H,10H2,(H,17,18)(H2,19,20,21)/t15-/m0/s1. The van der Waals surface area contributed by atoms with Crippen LogP contribution in [0.2, 0.25) is 0 Å². The van der Waals surface area contributed by atoms with Crippen LogP contribution in [-0.2, 0) is 15.8 Å². The molecule has 0 aliphatic heterocycles. The fourth-order valence-electron chi connectivity index (χ4n) is 1.99. The zero-order chi connectivity index (χ0) is 16.2. The highest BCUT2D eigenvalue weighted by molar-refractivity contribution is 7.52. The summed E-state index contributed by atoms with van der Waals surface area (Å²) >= 11 is 0. The molecule has 0 unspecified atom stereocenters. The second-order valence-corrected chi connectivity index (χ2v) is 6.47. The van der Waals surface area contributed by atoms with Crippen LogP contribution < -0.4 is 5.32 Å². The maximum atomic E-state index is 12.9. The Bertz CT molecular complexity index is 684. The van der Waals surface area contributed by atoms with Crippen LogP contribution in [0.3, 0.4) is 0 Å². The van der Waals surface area contributed by atoms with Crippen LogP contribution >= 0.6 is 7.60 Å². The summed E-state index contributed by atoms with van der Waals surface area (Å²) in [5.74, 6) is -2.54. The molecule has 0 saturated heterocycles. The number of hydrogen-bond acceptors (Lipinski definition) is 2. The summed E-state index contributed by atoms with van der Waals surface area (Å²) in [5, 5.41) is 2.32. The van der Waals surface area contributed by atoms with Crippen molar-refractivity contribution in [1.82, 2.24) is 5.32 Å². The number of nitrogens with one attached hydrogen (secondary N) is 1. The average molecular weight is 323 g/mol. The van der Waals surface area contributed by atoms with Gasteiger partial charge in [-0.1, -0.05) is 42.5 Å². The second kappa shape index (κ2) is 6.83. The van der Waals surface area contributed by atoms with E-state index in [2.05, 4.69) is 5.32 Å². The first-order valence-corrected chi connectivity index (χ1v) is 8.18. The van der Waals surface area contributed by atoms with Gasteiger partial charge in [0.15, 0.2) is 5.78 Å². The van der Waals surface area contributed by atoms with E-state index >= 15 is 0 Å². The third-order valence-corrected chi connectivity index (χ3v) is 4.13. The molecule has 5 nitrogen and oxygen atoms in total. The third kappa shape index (κ3) is 4.49. The van der Waals surface area contributed by atoms with Crippen molar-refractivity contribution >= 4 is 13.5 Å². The molecular weight excluding hydrogens is 308 g/mol. The summed E-state index contributed by atoms with van der Waals surface area (Å²) < 4.78 is 24.5. The highest BCUT2D eigenvalue weighted by Crippen LogP contribution is 2.49. The molecule has 22 heavy (non-hydrogen) atoms. The van der Waals surface area contributed by atoms with Gasteiger partial charge in [-0.05, 0) is 23.3 Å². The van der Waals surface area contributed by atoms with Crippen LogP contribution in [-0.4, -0.2) is 15.7 Å². The Morgan fingerprint density at radius 3 is 2.23 bits per heavy atom. The highest BCUT2D eigenvalue weighted by Gasteiger charge is 2.31. The normalized spacial score (nSPS) is 12.7. The van der Waals surface area contributed by atoms with Gasteiger partial charge in [-0.2, -0.15) is 0 Å². The topological polar surface area (TPSA) is 86.6 Å². The Hall–Kier alpha value is -2.01. The molecular formula is C15H15FNO4P. The third-order valence-electron chi connectivity index (χ3n) is 3.03. The predicted octanol–water partition coefficient (Wildman–Crippen LogP) is 2.36. The van der Waals surface area contributed by atoms with Gasteiger partial charge in [0, 0.05) is 0 Å². The lowest BCUT2D eigenvalue weighted by molar-refractivity contribution is -0.120. The summed E-state index contributed by atoms with van der Waals surface area (Å²) in [6.45, 7) is 0. The molecule has 1 amide bonds. The van der Waals surface area contributed by atoms with Gasteiger partial charge in [0.2, 0.25) is 5.91 Å². The fraction of sp³-hybridized carbons (Fsp3) is 0.133. The highest BCUT2D eigenvalue weighted by atomic mass is 31.2. The van der Waals surface area contributed by atoms with Crippen LogP contribution in [0, 0.1) is 5.82 Å². The first-order valence-electron chi connectivity index (χ1n) is 6.50. The minimum Gasteiger partial charge on any atom is -0.338 e. The van der Waals surface area contributed by atoms with Crippen molar-refractivity contribution in [2.75, 3.05) is 0 Å². The molecule has 0 bridgehead atoms. The van der Waals surface area contributed by atoms with Gasteiger partial charge in [0.05, 0.1) is 6.42 Å². The minimum absolute atomic E-state index is 0.00145. The van der Waals surface area contributed by atoms with E-state index in [0.29, 0.717) is 0 Å². The molecule has 1 atom stereocenters. The van der Waals surface area contributed by atoms with Crippen molar-refractivity contribution in [2.45, 2.75) is 12.2 Å². The number of hydrogen-bond donors (Lipinski definition) is 3. The lowest BCUT2D eigenvalue weighted by atomic mass is 10.1. The minimum atomic E-state index is -4.63. The van der Waals surface area contributed by atoms with E-state index < -0.39 is 25.1 Å². The maximum absolute atomic E-state index is 12.9. The van der Waals surface area contributed by atoms with Gasteiger partial charge in [0.25, 0.3) is 0 Å². The molecule has 0 fully saturated rings. The Kier molecular flexibility index (Phi) is 5.08. The van der Waals surface area contributed by atoms with Crippen LogP contribution in [0.15, 0.2) is 54.6 Å². The van der Waals surface area contributed by atoms with Gasteiger partial charge in [0.1, 0.15) is 5.82 Å². The Morgan fingerprint density at radius 2 is 1.68 bits per heavy atom. The zero-order valence-corrected chi connectivity index (χ0v) is 12.4. The van der Waals surface area contributed by atoms with E-state index in [0.717, 1.165) is 17.7 Å². The van der Waals surface area contributed by atoms with E-state index in [9.17, 15) is 23.5 Å². The molecule has 0 aromatic heterocycles. The second-order valence-electron chi connectivity index (χ2n) is 4.77. The Labute approximate surface area is 127 Å². The van der Waals surface area contributed by atoms with Gasteiger partial charge in [-0.3, -0.25) is 9.36 Å². The monoisotopic (exact) mass is 323 g/mol. The van der Waals surface area contributed by atoms with Crippen LogP contribution in [0.4, 0.5) is 4.39 Å². The van der Waals surface area contributed by atoms with E-state index in [1.807, 2.05) is 0 Å². The van der Waals surface area contributed by atoms with E-state index in [1.54, 1.807) is 30.3 Å². The van der Waals surface area contributed by atoms with E-state index in [1.165, 1.54) is 12.1 Å². The molecule has 116 valence electrons. The summed E-state index contributed by atoms with van der Waals surface area (Å²) in [7, 11) is -4.63. The molecule has 3 N–H and O–H groups in total. The SMILES string of the molecule is O=C(Cc1ccccc1)N[C@H](c1ccc(F)cc1)P(=O)(O)O. The number of rotatable bonds is 5. The first-order chi connectivity index (χ1) is 10.4. The van der Waals surface area contributed by atoms with Gasteiger partial charge in [-0.25, -0.2) is 4.39 Å². The van der Waals surface area contributed by atoms with Gasteiger partial charge >= 0.3 is 7.60 Å². The average Bonchev–Trinajstić information content (AvgIpc) is 2.46. The lowest BCUT2D eigenvalue weighted by Gasteiger charge is -2.20. The molecule has 0 spiro atoms. The molecule has 0 saturated carbocycles. The van der Waals surface area contributed by atoms with Crippen molar-refractivity contribution in [2.24, 2.45) is 0 Å². The number of halogens is 1. The van der Waals surface area contributed by atoms with Crippen molar-refractivity contribution in [3.05, 3.63) is 71.5 Å². The summed E-state index contributed by atoms with van der Waals surface area (Å²) in [6, 6.07) is 13.5. The fourth-order valence-corrected chi connectivity index (χ4v) is 2.86. The van der Waals surface area contributed by atoms with Crippen molar-refractivity contribution in [3.63, 3.8) is 0 Å². The van der Waals surface area contributed by atoms with Gasteiger partial charge < -0.3 is 15.1 Å². The molecule has 0 aliphatic rings. The summed E-state index contributed by atoms with van der Waals surface area (Å²) in [5.41, 5.74) is 0.875. The summed E-state index contributed by atoms with van der Waals surface area (Å²) in [6.07, 6.45) is -0.00145. The maximum Gasteiger partial charge on any atom is 0.352 e. The van der Waals surface area contributed by atoms with E-state index in [-0.39, 0.29) is 12.0 Å². The van der Waals surface area contributed by atoms with Crippen molar-refractivity contribution < 1.29 is 23.5 Å². The molecule has 0 heterocycles. The molecule has 2 aromatic carbocycles. The van der Waals surface area contributed by atoms with Gasteiger partial charge in [-0.15, -0.1) is 0 Å². The van der Waals surface area contributed by atoms with Crippen LogP contribution in [0.5, 0.6) is 0 Å². The molecule has 7 heteroatoms. The lowest BCUT2D eigenvalue weighted by Crippen LogP contribution is -2.29. The molecule has 0 radical (unpaired) electrons. The Balaban J connectivity index is 2.15. The van der Waals surface area contributed by atoms with Crippen LogP contribution in [0.1, 0.15) is 16.9 Å². The smallest absolute Gasteiger partial charge is 0.338 e. The number of benzene rings is 2. The first kappa shape index (κ1) is 16.4. The largest absolute Gasteiger partial charge is 0.352 e. The number of carbonyl (C=O) groups is 1. The molecule has 2 aromatic rings. The van der Waals surface area contributed by atoms with Crippen molar-refractivity contribution in [1.29, 1.82) is 0 Å². The van der Waals surface area contributed by atoms with Crippen molar-refractivity contribution in [3.8, 4) is 0 Å². The summed E-state index contributed by atoms with van der Waals surface area (Å²) in [4.78, 5) is 30.8. The number of carbonyl (C=O) groups excluding carboxylic acids is 1. The van der Waals surface area contributed by atoms with Crippen LogP contribution in [0.25, 0.3) is 0 Å². The Morgan fingerprint density at radius 1 is 1.09 bits per heavy atom. The zero-order valence-electron chi connectivity index (χ0n) is 11.5. The quantitative estimate of drug-likeness (QED) is 0.737.